The van der Waals surface area contributed by atoms with Crippen molar-refractivity contribution in [2.45, 2.75) is 6.42 Å². The molecule has 0 bridgehead atoms. The summed E-state index contributed by atoms with van der Waals surface area (Å²) in [7, 11) is 0. The molecule has 0 aliphatic rings. The number of nitrogens with one attached hydrogen (secondary N) is 1. The van der Waals surface area contributed by atoms with Gasteiger partial charge in [-0.15, -0.1) is 0 Å². The van der Waals surface area contributed by atoms with Crippen LogP contribution < -0.4 is 5.32 Å². The Balaban J connectivity index is 1.55. The molecule has 23 heavy (non-hydrogen) atoms. The van der Waals surface area contributed by atoms with Crippen LogP contribution in [0.5, 0.6) is 0 Å². The highest BCUT2D eigenvalue weighted by molar-refractivity contribution is 5.94. The van der Waals surface area contributed by atoms with Crippen LogP contribution in [0.1, 0.15) is 15.9 Å². The fourth-order valence-corrected chi connectivity index (χ4v) is 2.26. The van der Waals surface area contributed by atoms with E-state index in [1.165, 1.54) is 12.1 Å². The van der Waals surface area contributed by atoms with Crippen LogP contribution in [0, 0.1) is 5.82 Å². The number of halogens is 1. The number of hydrogen-bond acceptors (Lipinski definition) is 2. The molecular weight excluding hydrogens is 293 g/mol. The van der Waals surface area contributed by atoms with Crippen LogP contribution in [0.3, 0.4) is 0 Å². The van der Waals surface area contributed by atoms with Gasteiger partial charge in [0, 0.05) is 24.5 Å². The molecule has 1 heterocycles. The molecule has 0 saturated heterocycles. The molecule has 0 aliphatic carbocycles. The van der Waals surface area contributed by atoms with Gasteiger partial charge in [0.05, 0.1) is 5.69 Å². The number of carbonyl (C=O) groups is 1. The minimum absolute atomic E-state index is 0.126. The number of aromatic nitrogens is 2. The van der Waals surface area contributed by atoms with Gasteiger partial charge in [-0.2, -0.15) is 5.10 Å². The van der Waals surface area contributed by atoms with E-state index in [1.54, 1.807) is 35.1 Å². The first kappa shape index (κ1) is 15.0. The Labute approximate surface area is 133 Å². The van der Waals surface area contributed by atoms with Crippen molar-refractivity contribution < 1.29 is 9.18 Å². The van der Waals surface area contributed by atoms with Crippen LogP contribution in [-0.2, 0) is 6.42 Å². The highest BCUT2D eigenvalue weighted by Gasteiger charge is 2.05. The highest BCUT2D eigenvalue weighted by Crippen LogP contribution is 2.09. The summed E-state index contributed by atoms with van der Waals surface area (Å²) < 4.78 is 14.5. The maximum absolute atomic E-state index is 12.8. The maximum Gasteiger partial charge on any atom is 0.251 e. The molecule has 3 aromatic rings. The number of rotatable bonds is 5. The number of amides is 1. The lowest BCUT2D eigenvalue weighted by molar-refractivity contribution is 0.0954. The molecule has 0 fully saturated rings. The molecule has 0 saturated carbocycles. The van der Waals surface area contributed by atoms with Gasteiger partial charge in [-0.25, -0.2) is 9.07 Å². The van der Waals surface area contributed by atoms with Crippen molar-refractivity contribution in [1.82, 2.24) is 15.1 Å². The Kier molecular flexibility index (Phi) is 4.47. The van der Waals surface area contributed by atoms with E-state index >= 15 is 0 Å². The van der Waals surface area contributed by atoms with E-state index in [2.05, 4.69) is 10.4 Å². The smallest absolute Gasteiger partial charge is 0.251 e. The molecule has 0 aliphatic heterocycles. The second-order valence-corrected chi connectivity index (χ2v) is 5.13. The van der Waals surface area contributed by atoms with Gasteiger partial charge in [0.1, 0.15) is 5.82 Å². The fourth-order valence-electron chi connectivity index (χ4n) is 2.26. The number of hydrogen-bond donors (Lipinski definition) is 1. The lowest BCUT2D eigenvalue weighted by Gasteiger charge is -2.07. The molecule has 4 nitrogen and oxygen atoms in total. The minimum atomic E-state index is -0.255. The second kappa shape index (κ2) is 6.87. The van der Waals surface area contributed by atoms with Crippen LogP contribution in [0.2, 0.25) is 0 Å². The molecule has 3 rings (SSSR count). The second-order valence-electron chi connectivity index (χ2n) is 5.13. The fraction of sp³-hybridized carbons (Fsp3) is 0.111. The molecule has 0 spiro atoms. The number of carbonyl (C=O) groups excluding carboxylic acids is 1. The normalized spacial score (nSPS) is 10.5. The van der Waals surface area contributed by atoms with Crippen molar-refractivity contribution >= 4 is 5.91 Å². The zero-order valence-corrected chi connectivity index (χ0v) is 12.4. The average molecular weight is 309 g/mol. The summed E-state index contributed by atoms with van der Waals surface area (Å²) >= 11 is 0. The summed E-state index contributed by atoms with van der Waals surface area (Å²) in [6.07, 6.45) is 4.21. The van der Waals surface area contributed by atoms with E-state index in [0.717, 1.165) is 11.3 Å². The van der Waals surface area contributed by atoms with Gasteiger partial charge in [0.2, 0.25) is 0 Å². The zero-order valence-electron chi connectivity index (χ0n) is 12.4. The van der Waals surface area contributed by atoms with Gasteiger partial charge in [0.25, 0.3) is 5.91 Å². The Morgan fingerprint density at radius 2 is 1.83 bits per heavy atom. The Bertz CT molecular complexity index is 765. The van der Waals surface area contributed by atoms with E-state index < -0.39 is 0 Å². The van der Waals surface area contributed by atoms with Gasteiger partial charge in [0.15, 0.2) is 0 Å². The quantitative estimate of drug-likeness (QED) is 0.787. The standard InChI is InChI=1S/C18H16FN3O/c19-16-6-2-14(3-7-16)10-12-20-18(23)15-4-8-17(9-5-15)22-13-1-11-21-22/h1-9,11,13H,10,12H2,(H,20,23). The first-order chi connectivity index (χ1) is 11.2. The lowest BCUT2D eigenvalue weighted by atomic mass is 10.1. The molecule has 1 amide bonds. The highest BCUT2D eigenvalue weighted by atomic mass is 19.1. The Hall–Kier alpha value is -2.95. The monoisotopic (exact) mass is 309 g/mol. The summed E-state index contributed by atoms with van der Waals surface area (Å²) in [6, 6.07) is 15.4. The van der Waals surface area contributed by atoms with Crippen molar-refractivity contribution in [2.75, 3.05) is 6.54 Å². The van der Waals surface area contributed by atoms with Crippen molar-refractivity contribution in [3.8, 4) is 5.69 Å². The molecule has 1 N–H and O–H groups in total. The van der Waals surface area contributed by atoms with E-state index in [-0.39, 0.29) is 11.7 Å². The lowest BCUT2D eigenvalue weighted by Crippen LogP contribution is -2.25. The molecule has 116 valence electrons. The SMILES string of the molecule is O=C(NCCc1ccc(F)cc1)c1ccc(-n2cccn2)cc1. The van der Waals surface area contributed by atoms with Gasteiger partial charge < -0.3 is 5.32 Å². The molecule has 0 atom stereocenters. The number of nitrogens with zero attached hydrogens (tertiary/aromatic N) is 2. The Morgan fingerprint density at radius 3 is 2.48 bits per heavy atom. The molecule has 1 aromatic heterocycles. The van der Waals surface area contributed by atoms with Crippen molar-refractivity contribution in [3.05, 3.63) is 83.9 Å². The van der Waals surface area contributed by atoms with Gasteiger partial charge in [-0.05, 0) is 54.4 Å². The van der Waals surface area contributed by atoms with Gasteiger partial charge >= 0.3 is 0 Å². The van der Waals surface area contributed by atoms with Gasteiger partial charge in [-0.1, -0.05) is 12.1 Å². The van der Waals surface area contributed by atoms with E-state index in [4.69, 9.17) is 0 Å². The van der Waals surface area contributed by atoms with Gasteiger partial charge in [-0.3, -0.25) is 4.79 Å². The topological polar surface area (TPSA) is 46.9 Å². The molecule has 2 aromatic carbocycles. The third kappa shape index (κ3) is 3.83. The third-order valence-corrected chi connectivity index (χ3v) is 3.51. The van der Waals surface area contributed by atoms with Crippen molar-refractivity contribution in [3.63, 3.8) is 0 Å². The summed E-state index contributed by atoms with van der Waals surface area (Å²) in [5.74, 6) is -0.380. The van der Waals surface area contributed by atoms with Crippen molar-refractivity contribution in [2.24, 2.45) is 0 Å². The first-order valence-corrected chi connectivity index (χ1v) is 7.35. The van der Waals surface area contributed by atoms with Crippen LogP contribution in [0.15, 0.2) is 67.0 Å². The van der Waals surface area contributed by atoms with Crippen LogP contribution >= 0.6 is 0 Å². The number of benzene rings is 2. The van der Waals surface area contributed by atoms with E-state index in [1.807, 2.05) is 24.4 Å². The third-order valence-electron chi connectivity index (χ3n) is 3.51. The van der Waals surface area contributed by atoms with E-state index in [0.29, 0.717) is 18.5 Å². The predicted molar refractivity (Wildman–Crippen MR) is 86.0 cm³/mol. The van der Waals surface area contributed by atoms with Crippen LogP contribution in [0.4, 0.5) is 4.39 Å². The Morgan fingerprint density at radius 1 is 1.09 bits per heavy atom. The van der Waals surface area contributed by atoms with E-state index in [9.17, 15) is 9.18 Å². The summed E-state index contributed by atoms with van der Waals surface area (Å²) in [5, 5.41) is 7.00. The molecule has 5 heteroatoms. The zero-order chi connectivity index (χ0) is 16.1. The summed E-state index contributed by atoms with van der Waals surface area (Å²) in [6.45, 7) is 0.505. The van der Waals surface area contributed by atoms with Crippen LogP contribution in [0.25, 0.3) is 5.69 Å². The molecule has 0 radical (unpaired) electrons. The average Bonchev–Trinajstić information content (AvgIpc) is 3.11. The largest absolute Gasteiger partial charge is 0.352 e. The maximum atomic E-state index is 12.8. The van der Waals surface area contributed by atoms with Crippen molar-refractivity contribution in [1.29, 1.82) is 0 Å². The minimum Gasteiger partial charge on any atom is -0.352 e. The predicted octanol–water partition coefficient (Wildman–Crippen LogP) is 2.98. The molecular formula is C18H16FN3O. The molecule has 0 unspecified atom stereocenters. The summed E-state index contributed by atoms with van der Waals surface area (Å²) in [5.41, 5.74) is 2.48. The first-order valence-electron chi connectivity index (χ1n) is 7.35. The summed E-state index contributed by atoms with van der Waals surface area (Å²) in [4.78, 5) is 12.1. The van der Waals surface area contributed by atoms with Crippen LogP contribution in [-0.4, -0.2) is 22.2 Å².